The molecule has 1 amide bonds. The van der Waals surface area contributed by atoms with Gasteiger partial charge in [0.1, 0.15) is 0 Å². The van der Waals surface area contributed by atoms with Gasteiger partial charge in [-0.15, -0.1) is 0 Å². The number of aromatic nitrogens is 1. The molecule has 1 aliphatic rings. The zero-order chi connectivity index (χ0) is 27.9. The number of nitrogens with one attached hydrogen (secondary N) is 1. The SMILES string of the molecule is C[C@@H]1[C@H](CN(C)Cc2ccccc2)O[C@H](c2ccc(NC(=O)c3cccnc3)cc2)O[C@@H]1c1ccc(CO)cc1. The van der Waals surface area contributed by atoms with Crippen LogP contribution in [0.5, 0.6) is 0 Å². The molecule has 4 atom stereocenters. The van der Waals surface area contributed by atoms with Gasteiger partial charge >= 0.3 is 0 Å². The molecule has 7 nitrogen and oxygen atoms in total. The van der Waals surface area contributed by atoms with E-state index in [0.29, 0.717) is 11.3 Å². The third-order valence-corrected chi connectivity index (χ3v) is 7.27. The second-order valence-corrected chi connectivity index (χ2v) is 10.3. The molecule has 2 N–H and O–H groups in total. The number of amides is 1. The fraction of sp³-hybridized carbons (Fsp3) is 0.273. The molecule has 0 unspecified atom stereocenters. The highest BCUT2D eigenvalue weighted by Crippen LogP contribution is 2.42. The summed E-state index contributed by atoms with van der Waals surface area (Å²) in [6.07, 6.45) is 2.33. The number of aliphatic hydroxyl groups is 1. The Balaban J connectivity index is 1.34. The largest absolute Gasteiger partial charge is 0.392 e. The minimum atomic E-state index is -0.572. The van der Waals surface area contributed by atoms with Gasteiger partial charge in [0.25, 0.3) is 5.91 Å². The molecule has 4 aromatic rings. The van der Waals surface area contributed by atoms with Crippen molar-refractivity contribution in [2.45, 2.75) is 38.6 Å². The summed E-state index contributed by atoms with van der Waals surface area (Å²) in [5.74, 6) is -0.125. The first-order chi connectivity index (χ1) is 19.5. The van der Waals surface area contributed by atoms with Crippen molar-refractivity contribution >= 4 is 11.6 Å². The van der Waals surface area contributed by atoms with Crippen LogP contribution in [0.4, 0.5) is 5.69 Å². The predicted octanol–water partition coefficient (Wildman–Crippen LogP) is 5.75. The Labute approximate surface area is 235 Å². The van der Waals surface area contributed by atoms with Crippen LogP contribution < -0.4 is 5.32 Å². The van der Waals surface area contributed by atoms with E-state index in [9.17, 15) is 9.90 Å². The van der Waals surface area contributed by atoms with Crippen LogP contribution in [0.25, 0.3) is 0 Å². The van der Waals surface area contributed by atoms with Crippen LogP contribution in [0.2, 0.25) is 0 Å². The molecule has 1 aromatic heterocycles. The van der Waals surface area contributed by atoms with Gasteiger partial charge in [-0.05, 0) is 48.0 Å². The average molecular weight is 538 g/mol. The van der Waals surface area contributed by atoms with Gasteiger partial charge in [0, 0.05) is 42.7 Å². The fourth-order valence-corrected chi connectivity index (χ4v) is 5.02. The van der Waals surface area contributed by atoms with Gasteiger partial charge in [0.15, 0.2) is 6.29 Å². The van der Waals surface area contributed by atoms with E-state index in [-0.39, 0.29) is 30.6 Å². The molecule has 0 radical (unpaired) electrons. The Bertz CT molecular complexity index is 1360. The maximum atomic E-state index is 12.5. The molecule has 7 heteroatoms. The standard InChI is InChI=1S/C33H35N3O4/c1-23-30(21-36(2)20-24-7-4-3-5-8-24)39-33(40-31(23)26-12-10-25(22-37)11-13-26)27-14-16-29(17-15-27)35-32(38)28-9-6-18-34-19-28/h3-19,23,30-31,33,37H,20-22H2,1-2H3,(H,35,38)/t23-,30+,31+,33+/m1/s1. The summed E-state index contributed by atoms with van der Waals surface area (Å²) in [6.45, 7) is 3.73. The van der Waals surface area contributed by atoms with E-state index >= 15 is 0 Å². The van der Waals surface area contributed by atoms with Gasteiger partial charge in [0.2, 0.25) is 0 Å². The zero-order valence-corrected chi connectivity index (χ0v) is 22.8. The number of anilines is 1. The number of nitrogens with zero attached hydrogens (tertiary/aromatic N) is 2. The highest BCUT2D eigenvalue weighted by molar-refractivity contribution is 6.04. The van der Waals surface area contributed by atoms with Gasteiger partial charge in [0.05, 0.1) is 24.4 Å². The first-order valence-corrected chi connectivity index (χ1v) is 13.5. The molecular formula is C33H35N3O4. The van der Waals surface area contributed by atoms with E-state index in [1.165, 1.54) is 11.8 Å². The van der Waals surface area contributed by atoms with E-state index in [0.717, 1.165) is 29.8 Å². The molecule has 1 aliphatic heterocycles. The molecule has 206 valence electrons. The minimum absolute atomic E-state index is 0.00364. The molecule has 0 spiro atoms. The van der Waals surface area contributed by atoms with Crippen molar-refractivity contribution in [1.82, 2.24) is 9.88 Å². The number of carbonyl (C=O) groups excluding carboxylic acids is 1. The molecule has 3 aromatic carbocycles. The summed E-state index contributed by atoms with van der Waals surface area (Å²) < 4.78 is 13.1. The summed E-state index contributed by atoms with van der Waals surface area (Å²) in [6, 6.07) is 29.4. The van der Waals surface area contributed by atoms with Crippen LogP contribution in [-0.2, 0) is 22.6 Å². The van der Waals surface area contributed by atoms with Crippen molar-refractivity contribution in [3.63, 3.8) is 0 Å². The lowest BCUT2D eigenvalue weighted by atomic mass is 9.90. The van der Waals surface area contributed by atoms with Crippen LogP contribution in [-0.4, -0.2) is 40.6 Å². The molecule has 1 fully saturated rings. The van der Waals surface area contributed by atoms with Crippen LogP contribution in [0, 0.1) is 5.92 Å². The Hall–Kier alpha value is -3.88. The zero-order valence-electron chi connectivity index (χ0n) is 22.8. The number of likely N-dealkylation sites (N-methyl/N-ethyl adjacent to an activating group) is 1. The lowest BCUT2D eigenvalue weighted by molar-refractivity contribution is -0.276. The predicted molar refractivity (Wildman–Crippen MR) is 154 cm³/mol. The van der Waals surface area contributed by atoms with Crippen molar-refractivity contribution in [2.24, 2.45) is 5.92 Å². The summed E-state index contributed by atoms with van der Waals surface area (Å²) in [7, 11) is 2.11. The molecule has 1 saturated heterocycles. The minimum Gasteiger partial charge on any atom is -0.392 e. The van der Waals surface area contributed by atoms with Gasteiger partial charge in [-0.2, -0.15) is 0 Å². The number of pyridine rings is 1. The normalized spacial score (nSPS) is 20.8. The third-order valence-electron chi connectivity index (χ3n) is 7.27. The Morgan fingerprint density at radius 1 is 0.900 bits per heavy atom. The lowest BCUT2D eigenvalue weighted by Crippen LogP contribution is -2.43. The highest BCUT2D eigenvalue weighted by atomic mass is 16.7. The number of ether oxygens (including phenoxy) is 2. The maximum absolute atomic E-state index is 12.5. The second kappa shape index (κ2) is 13.0. The van der Waals surface area contributed by atoms with Crippen molar-refractivity contribution in [1.29, 1.82) is 0 Å². The average Bonchev–Trinajstić information content (AvgIpc) is 2.99. The smallest absolute Gasteiger partial charge is 0.257 e. The monoisotopic (exact) mass is 537 g/mol. The lowest BCUT2D eigenvalue weighted by Gasteiger charge is -2.42. The molecule has 5 rings (SSSR count). The maximum Gasteiger partial charge on any atom is 0.257 e. The highest BCUT2D eigenvalue weighted by Gasteiger charge is 2.38. The van der Waals surface area contributed by atoms with E-state index < -0.39 is 6.29 Å². The second-order valence-electron chi connectivity index (χ2n) is 10.3. The van der Waals surface area contributed by atoms with E-state index in [4.69, 9.17) is 9.47 Å². The summed E-state index contributed by atoms with van der Waals surface area (Å²) in [5.41, 5.74) is 5.21. The quantitative estimate of drug-likeness (QED) is 0.283. The van der Waals surface area contributed by atoms with E-state index in [1.807, 2.05) is 54.6 Å². The van der Waals surface area contributed by atoms with E-state index in [2.05, 4.69) is 53.4 Å². The molecule has 0 aliphatic carbocycles. The van der Waals surface area contributed by atoms with Crippen molar-refractivity contribution < 1.29 is 19.4 Å². The number of carbonyl (C=O) groups is 1. The number of hydrogen-bond acceptors (Lipinski definition) is 6. The van der Waals surface area contributed by atoms with Crippen LogP contribution in [0.1, 0.15) is 51.9 Å². The summed E-state index contributed by atoms with van der Waals surface area (Å²) in [5, 5.41) is 12.4. The Kier molecular flexibility index (Phi) is 8.98. The van der Waals surface area contributed by atoms with Gasteiger partial charge in [-0.25, -0.2) is 0 Å². The Morgan fingerprint density at radius 3 is 2.30 bits per heavy atom. The first kappa shape index (κ1) is 27.7. The number of hydrogen-bond donors (Lipinski definition) is 2. The van der Waals surface area contributed by atoms with E-state index in [1.54, 1.807) is 18.3 Å². The number of rotatable bonds is 9. The van der Waals surface area contributed by atoms with Gasteiger partial charge in [-0.1, -0.05) is 73.7 Å². The van der Waals surface area contributed by atoms with Crippen LogP contribution in [0.15, 0.2) is 103 Å². The number of aliphatic hydroxyl groups excluding tert-OH is 1. The van der Waals surface area contributed by atoms with Crippen LogP contribution >= 0.6 is 0 Å². The summed E-state index contributed by atoms with van der Waals surface area (Å²) >= 11 is 0. The third kappa shape index (κ3) is 6.81. The molecule has 0 saturated carbocycles. The summed E-state index contributed by atoms with van der Waals surface area (Å²) in [4.78, 5) is 18.8. The topological polar surface area (TPSA) is 83.9 Å². The number of benzene rings is 3. The Morgan fingerprint density at radius 2 is 1.62 bits per heavy atom. The van der Waals surface area contributed by atoms with Gasteiger partial charge in [-0.3, -0.25) is 14.7 Å². The fourth-order valence-electron chi connectivity index (χ4n) is 5.02. The molecule has 0 bridgehead atoms. The molecule has 40 heavy (non-hydrogen) atoms. The molecule has 2 heterocycles. The van der Waals surface area contributed by atoms with Crippen molar-refractivity contribution in [3.8, 4) is 0 Å². The molecular weight excluding hydrogens is 502 g/mol. The van der Waals surface area contributed by atoms with Crippen LogP contribution in [0.3, 0.4) is 0 Å². The van der Waals surface area contributed by atoms with Crippen molar-refractivity contribution in [2.75, 3.05) is 18.9 Å². The first-order valence-electron chi connectivity index (χ1n) is 13.5. The van der Waals surface area contributed by atoms with Gasteiger partial charge < -0.3 is 19.9 Å². The van der Waals surface area contributed by atoms with Crippen molar-refractivity contribution in [3.05, 3.63) is 131 Å².